The first-order chi connectivity index (χ1) is 9.33. The smallest absolute Gasteiger partial charge is 0.151 e. The molecule has 0 spiro atoms. The number of rotatable bonds is 3. The van der Waals surface area contributed by atoms with E-state index in [-0.39, 0.29) is 0 Å². The minimum atomic E-state index is 0.804. The van der Waals surface area contributed by atoms with E-state index in [0.717, 1.165) is 44.4 Å². The third-order valence-corrected chi connectivity index (χ3v) is 3.37. The van der Waals surface area contributed by atoms with Crippen LogP contribution < -0.4 is 0 Å². The van der Waals surface area contributed by atoms with Crippen molar-refractivity contribution in [3.63, 3.8) is 0 Å². The topological polar surface area (TPSA) is 43.2 Å². The zero-order chi connectivity index (χ0) is 13.1. The van der Waals surface area contributed by atoms with E-state index in [1.54, 1.807) is 6.33 Å². The number of hydrogen-bond donors (Lipinski definition) is 0. The molecule has 0 aliphatic carbocycles. The molecule has 0 amide bonds. The lowest BCUT2D eigenvalue weighted by atomic mass is 10.2. The van der Waals surface area contributed by atoms with E-state index >= 15 is 0 Å². The van der Waals surface area contributed by atoms with Crippen molar-refractivity contribution in [3.8, 4) is 5.69 Å². The Morgan fingerprint density at radius 2 is 2.11 bits per heavy atom. The second kappa shape index (κ2) is 5.50. The van der Waals surface area contributed by atoms with Crippen LogP contribution in [0.2, 0.25) is 0 Å². The molecule has 0 radical (unpaired) electrons. The van der Waals surface area contributed by atoms with Crippen molar-refractivity contribution in [2.75, 3.05) is 26.3 Å². The van der Waals surface area contributed by atoms with E-state index in [1.165, 1.54) is 5.56 Å². The number of nitrogens with zero attached hydrogens (tertiary/aromatic N) is 4. The SMILES string of the molecule is Cc1cccc(-n2cnnc2CN2CCOCC2)c1. The predicted octanol–water partition coefficient (Wildman–Crippen LogP) is 1.41. The Hall–Kier alpha value is -1.72. The van der Waals surface area contributed by atoms with Crippen LogP contribution in [-0.2, 0) is 11.3 Å². The lowest BCUT2D eigenvalue weighted by Gasteiger charge is -2.26. The van der Waals surface area contributed by atoms with Crippen LogP contribution in [0.15, 0.2) is 30.6 Å². The van der Waals surface area contributed by atoms with Gasteiger partial charge in [0.25, 0.3) is 0 Å². The molecule has 5 nitrogen and oxygen atoms in total. The zero-order valence-corrected chi connectivity index (χ0v) is 11.1. The van der Waals surface area contributed by atoms with Gasteiger partial charge in [-0.1, -0.05) is 12.1 Å². The summed E-state index contributed by atoms with van der Waals surface area (Å²) in [6.45, 7) is 6.44. The Morgan fingerprint density at radius 3 is 2.89 bits per heavy atom. The summed E-state index contributed by atoms with van der Waals surface area (Å²) in [5.41, 5.74) is 2.36. The maximum absolute atomic E-state index is 5.36. The van der Waals surface area contributed by atoms with Crippen molar-refractivity contribution >= 4 is 0 Å². The van der Waals surface area contributed by atoms with Gasteiger partial charge in [-0.2, -0.15) is 0 Å². The fourth-order valence-corrected chi connectivity index (χ4v) is 2.32. The number of benzene rings is 1. The Balaban J connectivity index is 1.81. The van der Waals surface area contributed by atoms with Crippen molar-refractivity contribution < 1.29 is 4.74 Å². The summed E-state index contributed by atoms with van der Waals surface area (Å²) in [5.74, 6) is 0.979. The van der Waals surface area contributed by atoms with Gasteiger partial charge in [-0.25, -0.2) is 0 Å². The normalized spacial score (nSPS) is 16.7. The second-order valence-electron chi connectivity index (χ2n) is 4.84. The lowest BCUT2D eigenvalue weighted by Crippen LogP contribution is -2.36. The van der Waals surface area contributed by atoms with Crippen LogP contribution in [0.25, 0.3) is 5.69 Å². The highest BCUT2D eigenvalue weighted by Crippen LogP contribution is 2.13. The van der Waals surface area contributed by atoms with Gasteiger partial charge < -0.3 is 4.74 Å². The molecule has 0 saturated carbocycles. The summed E-state index contributed by atoms with van der Waals surface area (Å²) in [7, 11) is 0. The number of hydrogen-bond acceptors (Lipinski definition) is 4. The fourth-order valence-electron chi connectivity index (χ4n) is 2.32. The summed E-state index contributed by atoms with van der Waals surface area (Å²) >= 11 is 0. The van der Waals surface area contributed by atoms with Crippen LogP contribution in [0.1, 0.15) is 11.4 Å². The van der Waals surface area contributed by atoms with Crippen molar-refractivity contribution in [1.82, 2.24) is 19.7 Å². The molecule has 1 aliphatic heterocycles. The number of morpholine rings is 1. The first-order valence-electron chi connectivity index (χ1n) is 6.59. The highest BCUT2D eigenvalue weighted by molar-refractivity contribution is 5.35. The Kier molecular flexibility index (Phi) is 3.57. The first kappa shape index (κ1) is 12.3. The van der Waals surface area contributed by atoms with Gasteiger partial charge >= 0.3 is 0 Å². The fraction of sp³-hybridized carbons (Fsp3) is 0.429. The third kappa shape index (κ3) is 2.83. The summed E-state index contributed by atoms with van der Waals surface area (Å²) in [6, 6.07) is 8.38. The average molecular weight is 258 g/mol. The van der Waals surface area contributed by atoms with Gasteiger partial charge in [0.2, 0.25) is 0 Å². The van der Waals surface area contributed by atoms with E-state index in [4.69, 9.17) is 4.74 Å². The predicted molar refractivity (Wildman–Crippen MR) is 72.2 cm³/mol. The van der Waals surface area contributed by atoms with Gasteiger partial charge in [-0.3, -0.25) is 9.47 Å². The molecule has 0 bridgehead atoms. The molecule has 0 atom stereocenters. The first-order valence-corrected chi connectivity index (χ1v) is 6.59. The van der Waals surface area contributed by atoms with Crippen molar-refractivity contribution in [2.45, 2.75) is 13.5 Å². The van der Waals surface area contributed by atoms with E-state index in [0.29, 0.717) is 0 Å². The third-order valence-electron chi connectivity index (χ3n) is 3.37. The van der Waals surface area contributed by atoms with Gasteiger partial charge in [0, 0.05) is 18.8 Å². The van der Waals surface area contributed by atoms with Gasteiger partial charge in [0.05, 0.1) is 19.8 Å². The van der Waals surface area contributed by atoms with E-state index in [9.17, 15) is 0 Å². The maximum atomic E-state index is 5.36. The molecule has 2 heterocycles. The number of ether oxygens (including phenoxy) is 1. The molecule has 2 aromatic rings. The minimum Gasteiger partial charge on any atom is -0.379 e. The minimum absolute atomic E-state index is 0.804. The average Bonchev–Trinajstić information content (AvgIpc) is 2.88. The van der Waals surface area contributed by atoms with Crippen molar-refractivity contribution in [2.24, 2.45) is 0 Å². The zero-order valence-electron chi connectivity index (χ0n) is 11.1. The van der Waals surface area contributed by atoms with Crippen LogP contribution in [-0.4, -0.2) is 46.0 Å². The maximum Gasteiger partial charge on any atom is 0.151 e. The highest BCUT2D eigenvalue weighted by atomic mass is 16.5. The monoisotopic (exact) mass is 258 g/mol. The van der Waals surface area contributed by atoms with Crippen LogP contribution in [0.3, 0.4) is 0 Å². The molecule has 19 heavy (non-hydrogen) atoms. The molecule has 0 N–H and O–H groups in total. The summed E-state index contributed by atoms with van der Waals surface area (Å²) in [4.78, 5) is 2.35. The van der Waals surface area contributed by atoms with Gasteiger partial charge in [0.15, 0.2) is 5.82 Å². The van der Waals surface area contributed by atoms with E-state index in [2.05, 4.69) is 50.9 Å². The highest BCUT2D eigenvalue weighted by Gasteiger charge is 2.14. The molecule has 100 valence electrons. The van der Waals surface area contributed by atoms with Gasteiger partial charge in [-0.05, 0) is 24.6 Å². The van der Waals surface area contributed by atoms with Crippen LogP contribution >= 0.6 is 0 Å². The number of aromatic nitrogens is 3. The van der Waals surface area contributed by atoms with Crippen molar-refractivity contribution in [1.29, 1.82) is 0 Å². The molecular weight excluding hydrogens is 240 g/mol. The Labute approximate surface area is 112 Å². The molecule has 1 fully saturated rings. The quantitative estimate of drug-likeness (QED) is 0.835. The molecule has 1 saturated heterocycles. The van der Waals surface area contributed by atoms with Crippen LogP contribution in [0, 0.1) is 6.92 Å². The molecular formula is C14H18N4O. The molecule has 1 aromatic heterocycles. The summed E-state index contributed by atoms with van der Waals surface area (Å²) in [5, 5.41) is 8.30. The molecule has 0 unspecified atom stereocenters. The molecule has 5 heteroatoms. The van der Waals surface area contributed by atoms with Crippen LogP contribution in [0.4, 0.5) is 0 Å². The van der Waals surface area contributed by atoms with Crippen molar-refractivity contribution in [3.05, 3.63) is 42.0 Å². The molecule has 3 rings (SSSR count). The molecule has 1 aliphatic rings. The Bertz CT molecular complexity index is 546. The molecule has 1 aromatic carbocycles. The van der Waals surface area contributed by atoms with Gasteiger partial charge in [-0.15, -0.1) is 10.2 Å². The Morgan fingerprint density at radius 1 is 1.26 bits per heavy atom. The lowest BCUT2D eigenvalue weighted by molar-refractivity contribution is 0.0328. The summed E-state index contributed by atoms with van der Waals surface area (Å²) in [6.07, 6.45) is 1.78. The largest absolute Gasteiger partial charge is 0.379 e. The van der Waals surface area contributed by atoms with Crippen LogP contribution in [0.5, 0.6) is 0 Å². The van der Waals surface area contributed by atoms with E-state index < -0.39 is 0 Å². The standard InChI is InChI=1S/C14H18N4O/c1-12-3-2-4-13(9-12)18-11-15-16-14(18)10-17-5-7-19-8-6-17/h2-4,9,11H,5-8,10H2,1H3. The number of aryl methyl sites for hydroxylation is 1. The van der Waals surface area contributed by atoms with E-state index in [1.807, 2.05) is 0 Å². The van der Waals surface area contributed by atoms with Gasteiger partial charge in [0.1, 0.15) is 6.33 Å². The second-order valence-corrected chi connectivity index (χ2v) is 4.84. The summed E-state index contributed by atoms with van der Waals surface area (Å²) < 4.78 is 7.42.